The molecule has 0 spiro atoms. The van der Waals surface area contributed by atoms with Crippen LogP contribution in [0.15, 0.2) is 35.3 Å². The van der Waals surface area contributed by atoms with E-state index in [2.05, 4.69) is 71.6 Å². The third kappa shape index (κ3) is 9.49. The summed E-state index contributed by atoms with van der Waals surface area (Å²) < 4.78 is 11.1. The number of ether oxygens (including phenoxy) is 2. The van der Waals surface area contributed by atoms with Crippen LogP contribution in [0.5, 0.6) is 0 Å². The Morgan fingerprint density at radius 3 is 2.47 bits per heavy atom. The van der Waals surface area contributed by atoms with Crippen molar-refractivity contribution in [1.82, 2.24) is 15.5 Å². The number of likely N-dealkylation sites (tertiary alicyclic amines) is 1. The van der Waals surface area contributed by atoms with E-state index in [4.69, 9.17) is 9.47 Å². The first-order valence-electron chi connectivity index (χ1n) is 10.8. The summed E-state index contributed by atoms with van der Waals surface area (Å²) in [5, 5.41) is 7.30. The lowest BCUT2D eigenvalue weighted by Crippen LogP contribution is -2.54. The summed E-state index contributed by atoms with van der Waals surface area (Å²) in [5.41, 5.74) is 1.24. The Labute approximate surface area is 200 Å². The lowest BCUT2D eigenvalue weighted by atomic mass is 10.0. The SMILES string of the molecule is CN=C(NCC(C)(C)NC(C)c1ccccc1)N1CCC(OCCCOC)CC1.I. The monoisotopic (exact) mass is 532 g/mol. The molecule has 1 aliphatic rings. The van der Waals surface area contributed by atoms with Gasteiger partial charge in [-0.1, -0.05) is 30.3 Å². The Morgan fingerprint density at radius 1 is 1.20 bits per heavy atom. The summed E-state index contributed by atoms with van der Waals surface area (Å²) in [4.78, 5) is 6.85. The van der Waals surface area contributed by atoms with Gasteiger partial charge in [-0.25, -0.2) is 0 Å². The van der Waals surface area contributed by atoms with E-state index < -0.39 is 0 Å². The van der Waals surface area contributed by atoms with E-state index in [1.807, 2.05) is 7.05 Å². The van der Waals surface area contributed by atoms with E-state index in [1.165, 1.54) is 5.56 Å². The van der Waals surface area contributed by atoms with Crippen LogP contribution in [0.3, 0.4) is 0 Å². The normalized spacial score (nSPS) is 16.8. The molecule has 1 unspecified atom stereocenters. The molecule has 1 saturated heterocycles. The van der Waals surface area contributed by atoms with Gasteiger partial charge in [0.2, 0.25) is 0 Å². The quantitative estimate of drug-likeness (QED) is 0.208. The highest BCUT2D eigenvalue weighted by Gasteiger charge is 2.25. The molecule has 1 heterocycles. The number of hydrogen-bond donors (Lipinski definition) is 2. The van der Waals surface area contributed by atoms with Crippen molar-refractivity contribution in [2.45, 2.75) is 57.7 Å². The number of halogens is 1. The molecule has 1 fully saturated rings. The van der Waals surface area contributed by atoms with Crippen molar-refractivity contribution in [1.29, 1.82) is 0 Å². The standard InChI is InChI=1S/C23H40N4O2.HI/c1-19(20-10-7-6-8-11-20)26-23(2,3)18-25-22(24-4)27-14-12-21(13-15-27)29-17-9-16-28-5;/h6-8,10-11,19,21,26H,9,12-18H2,1-5H3,(H,24,25);1H. The fraction of sp³-hybridized carbons (Fsp3) is 0.696. The maximum Gasteiger partial charge on any atom is 0.193 e. The fourth-order valence-electron chi connectivity index (χ4n) is 3.78. The molecule has 0 amide bonds. The lowest BCUT2D eigenvalue weighted by Gasteiger charge is -2.36. The zero-order chi connectivity index (χ0) is 21.1. The third-order valence-corrected chi connectivity index (χ3v) is 5.39. The number of methoxy groups -OCH3 is 1. The molecular weight excluding hydrogens is 491 g/mol. The number of benzene rings is 1. The van der Waals surface area contributed by atoms with Gasteiger partial charge in [-0.3, -0.25) is 4.99 Å². The van der Waals surface area contributed by atoms with Crippen molar-refractivity contribution in [3.8, 4) is 0 Å². The Kier molecular flexibility index (Phi) is 12.9. The minimum absolute atomic E-state index is 0. The summed E-state index contributed by atoms with van der Waals surface area (Å²) >= 11 is 0. The van der Waals surface area contributed by atoms with E-state index in [-0.39, 0.29) is 29.5 Å². The van der Waals surface area contributed by atoms with Crippen LogP contribution in [0.25, 0.3) is 0 Å². The second-order valence-electron chi connectivity index (χ2n) is 8.46. The summed E-state index contributed by atoms with van der Waals surface area (Å²) in [5.74, 6) is 0.977. The molecule has 0 radical (unpaired) electrons. The molecule has 2 rings (SSSR count). The molecule has 1 atom stereocenters. The van der Waals surface area contributed by atoms with E-state index >= 15 is 0 Å². The second kappa shape index (κ2) is 14.2. The molecule has 0 aromatic heterocycles. The first kappa shape index (κ1) is 27.1. The van der Waals surface area contributed by atoms with Gasteiger partial charge in [0.05, 0.1) is 6.10 Å². The first-order valence-corrected chi connectivity index (χ1v) is 10.8. The summed E-state index contributed by atoms with van der Waals surface area (Å²) in [6, 6.07) is 10.9. The average Bonchev–Trinajstić information content (AvgIpc) is 2.73. The van der Waals surface area contributed by atoms with Gasteiger partial charge >= 0.3 is 0 Å². The maximum absolute atomic E-state index is 5.97. The lowest BCUT2D eigenvalue weighted by molar-refractivity contribution is 0.00986. The zero-order valence-electron chi connectivity index (χ0n) is 19.3. The fourth-order valence-corrected chi connectivity index (χ4v) is 3.78. The summed E-state index contributed by atoms with van der Waals surface area (Å²) in [7, 11) is 3.60. The smallest absolute Gasteiger partial charge is 0.193 e. The van der Waals surface area contributed by atoms with Crippen molar-refractivity contribution in [2.75, 3.05) is 47.0 Å². The predicted molar refractivity (Wildman–Crippen MR) is 136 cm³/mol. The molecule has 1 aromatic rings. The minimum atomic E-state index is -0.0615. The number of aliphatic imine (C=N–C) groups is 1. The molecule has 7 heteroatoms. The van der Waals surface area contributed by atoms with Crippen molar-refractivity contribution in [2.24, 2.45) is 4.99 Å². The van der Waals surface area contributed by atoms with Crippen molar-refractivity contribution >= 4 is 29.9 Å². The average molecular weight is 533 g/mol. The second-order valence-corrected chi connectivity index (χ2v) is 8.46. The van der Waals surface area contributed by atoms with Crippen molar-refractivity contribution in [3.63, 3.8) is 0 Å². The largest absolute Gasteiger partial charge is 0.385 e. The number of nitrogens with one attached hydrogen (secondary N) is 2. The molecule has 30 heavy (non-hydrogen) atoms. The highest BCUT2D eigenvalue weighted by molar-refractivity contribution is 14.0. The topological polar surface area (TPSA) is 58.1 Å². The van der Waals surface area contributed by atoms with Gasteiger partial charge < -0.3 is 25.0 Å². The number of nitrogens with zero attached hydrogens (tertiary/aromatic N) is 2. The number of piperidine rings is 1. The predicted octanol–water partition coefficient (Wildman–Crippen LogP) is 3.83. The molecule has 0 aliphatic carbocycles. The van der Waals surface area contributed by atoms with E-state index in [9.17, 15) is 0 Å². The molecular formula is C23H41IN4O2. The van der Waals surface area contributed by atoms with Crippen LogP contribution in [0.1, 0.15) is 51.6 Å². The van der Waals surface area contributed by atoms with Gasteiger partial charge in [-0.2, -0.15) is 0 Å². The number of guanidine groups is 1. The van der Waals surface area contributed by atoms with Crippen LogP contribution in [-0.2, 0) is 9.47 Å². The molecule has 0 saturated carbocycles. The molecule has 2 N–H and O–H groups in total. The first-order chi connectivity index (χ1) is 13.9. The van der Waals surface area contributed by atoms with Crippen molar-refractivity contribution in [3.05, 3.63) is 35.9 Å². The molecule has 1 aromatic carbocycles. The molecule has 6 nitrogen and oxygen atoms in total. The van der Waals surface area contributed by atoms with Crippen LogP contribution >= 0.6 is 24.0 Å². The Balaban J connectivity index is 0.00000450. The Bertz CT molecular complexity index is 604. The Hall–Kier alpha value is -0.900. The van der Waals surface area contributed by atoms with E-state index in [0.29, 0.717) is 12.1 Å². The van der Waals surface area contributed by atoms with Gasteiger partial charge in [0.25, 0.3) is 0 Å². The van der Waals surface area contributed by atoms with Crippen LogP contribution in [0, 0.1) is 0 Å². The highest BCUT2D eigenvalue weighted by Crippen LogP contribution is 2.17. The Morgan fingerprint density at radius 2 is 1.87 bits per heavy atom. The molecule has 0 bridgehead atoms. The summed E-state index contributed by atoms with van der Waals surface area (Å²) in [6.45, 7) is 11.0. The van der Waals surface area contributed by atoms with Gasteiger partial charge in [-0.15, -0.1) is 24.0 Å². The summed E-state index contributed by atoms with van der Waals surface area (Å²) in [6.07, 6.45) is 3.40. The number of hydrogen-bond acceptors (Lipinski definition) is 4. The van der Waals surface area contributed by atoms with E-state index in [0.717, 1.165) is 58.1 Å². The third-order valence-electron chi connectivity index (χ3n) is 5.39. The van der Waals surface area contributed by atoms with Crippen molar-refractivity contribution < 1.29 is 9.47 Å². The molecule has 172 valence electrons. The van der Waals surface area contributed by atoms with E-state index in [1.54, 1.807) is 7.11 Å². The van der Waals surface area contributed by atoms with Gasteiger partial charge in [-0.05, 0) is 45.6 Å². The zero-order valence-corrected chi connectivity index (χ0v) is 21.6. The number of rotatable bonds is 10. The van der Waals surface area contributed by atoms with Gasteiger partial charge in [0.15, 0.2) is 5.96 Å². The highest BCUT2D eigenvalue weighted by atomic mass is 127. The van der Waals surface area contributed by atoms with Gasteiger partial charge in [0.1, 0.15) is 0 Å². The van der Waals surface area contributed by atoms with Crippen LogP contribution in [0.4, 0.5) is 0 Å². The van der Waals surface area contributed by atoms with Gasteiger partial charge in [0, 0.05) is 58.6 Å². The minimum Gasteiger partial charge on any atom is -0.385 e. The van der Waals surface area contributed by atoms with Crippen LogP contribution in [0.2, 0.25) is 0 Å². The molecule has 1 aliphatic heterocycles. The van der Waals surface area contributed by atoms with Crippen LogP contribution in [-0.4, -0.2) is 69.5 Å². The van der Waals surface area contributed by atoms with Crippen LogP contribution < -0.4 is 10.6 Å². The maximum atomic E-state index is 5.97.